The summed E-state index contributed by atoms with van der Waals surface area (Å²) in [5.41, 5.74) is 8.79. The van der Waals surface area contributed by atoms with E-state index in [-0.39, 0.29) is 5.01 Å². The van der Waals surface area contributed by atoms with Crippen molar-refractivity contribution >= 4 is 28.7 Å². The number of hydrogen-bond acceptors (Lipinski definition) is 5. The van der Waals surface area contributed by atoms with Gasteiger partial charge in [0.15, 0.2) is 5.01 Å². The lowest BCUT2D eigenvalue weighted by Gasteiger charge is -2.11. The van der Waals surface area contributed by atoms with Crippen molar-refractivity contribution in [2.45, 2.75) is 19.3 Å². The van der Waals surface area contributed by atoms with Gasteiger partial charge in [0.25, 0.3) is 5.91 Å². The number of fused-ring (bicyclic) bond motifs is 3. The second kappa shape index (κ2) is 8.69. The number of thiazole rings is 1. The van der Waals surface area contributed by atoms with Crippen LogP contribution in [-0.4, -0.2) is 10.9 Å². The van der Waals surface area contributed by atoms with Crippen LogP contribution in [0.5, 0.6) is 0 Å². The molecule has 3 aromatic rings. The highest BCUT2D eigenvalue weighted by atomic mass is 32.1. The third-order valence-electron chi connectivity index (χ3n) is 4.95. The third-order valence-corrected chi connectivity index (χ3v) is 6.08. The zero-order valence-corrected chi connectivity index (χ0v) is 17.3. The van der Waals surface area contributed by atoms with E-state index in [0.29, 0.717) is 12.2 Å². The first-order chi connectivity index (χ1) is 15.0. The molecule has 0 unspecified atom stereocenters. The van der Waals surface area contributed by atoms with Gasteiger partial charge in [-0.05, 0) is 48.6 Å². The zero-order valence-electron chi connectivity index (χ0n) is 16.5. The average Bonchev–Trinajstić information content (AvgIpc) is 3.11. The monoisotopic (exact) mass is 439 g/mol. The molecule has 0 spiro atoms. The highest BCUT2D eigenvalue weighted by Crippen LogP contribution is 2.38. The topological polar surface area (TPSA) is 77.2 Å². The first-order valence-corrected chi connectivity index (χ1v) is 10.4. The van der Waals surface area contributed by atoms with E-state index in [4.69, 9.17) is 10.5 Å². The zero-order chi connectivity index (χ0) is 22.0. The number of benzene rings is 2. The lowest BCUT2D eigenvalue weighted by molar-refractivity contribution is 0.102. The molecule has 2 aromatic carbocycles. The van der Waals surface area contributed by atoms with Crippen LogP contribution in [0.15, 0.2) is 55.4 Å². The van der Waals surface area contributed by atoms with E-state index in [9.17, 15) is 13.6 Å². The molecule has 1 amide bonds. The average molecular weight is 439 g/mol. The van der Waals surface area contributed by atoms with Crippen molar-refractivity contribution in [3.63, 3.8) is 0 Å². The summed E-state index contributed by atoms with van der Waals surface area (Å²) >= 11 is 1.19. The summed E-state index contributed by atoms with van der Waals surface area (Å²) in [6.45, 7) is 3.56. The molecule has 0 radical (unpaired) electrons. The Balaban J connectivity index is 1.71. The Bertz CT molecular complexity index is 1180. The van der Waals surface area contributed by atoms with Crippen molar-refractivity contribution in [3.05, 3.63) is 88.9 Å². The highest BCUT2D eigenvalue weighted by Gasteiger charge is 2.24. The quantitative estimate of drug-likeness (QED) is 0.533. The summed E-state index contributed by atoms with van der Waals surface area (Å²) in [5, 5.41) is 2.44. The summed E-state index contributed by atoms with van der Waals surface area (Å²) in [6, 6.07) is 9.27. The van der Waals surface area contributed by atoms with E-state index in [2.05, 4.69) is 16.9 Å². The minimum Gasteiger partial charge on any atom is -0.463 e. The predicted molar refractivity (Wildman–Crippen MR) is 117 cm³/mol. The molecule has 3 N–H and O–H groups in total. The SMILES string of the molecule is C=CO/C(=C\N)c1ccc2c(c1)-c1sc(C(=O)Nc3c(F)cccc3F)nc1CCC2. The highest BCUT2D eigenvalue weighted by molar-refractivity contribution is 7.17. The molecule has 1 aliphatic carbocycles. The molecule has 1 aliphatic rings. The maximum Gasteiger partial charge on any atom is 0.284 e. The van der Waals surface area contributed by atoms with E-state index in [1.54, 1.807) is 0 Å². The van der Waals surface area contributed by atoms with Gasteiger partial charge in [0.1, 0.15) is 23.1 Å². The van der Waals surface area contributed by atoms with Gasteiger partial charge in [0.2, 0.25) is 0 Å². The van der Waals surface area contributed by atoms with Crippen LogP contribution >= 0.6 is 11.3 Å². The number of carbonyl (C=O) groups excluding carboxylic acids is 1. The summed E-state index contributed by atoms with van der Waals surface area (Å²) in [5.74, 6) is -1.88. The predicted octanol–water partition coefficient (Wildman–Crippen LogP) is 5.25. The van der Waals surface area contributed by atoms with Gasteiger partial charge in [-0.2, -0.15) is 0 Å². The summed E-state index contributed by atoms with van der Waals surface area (Å²) in [4.78, 5) is 18.0. The Morgan fingerprint density at radius 1 is 1.23 bits per heavy atom. The molecule has 0 saturated carbocycles. The van der Waals surface area contributed by atoms with E-state index in [1.165, 1.54) is 29.9 Å². The fraction of sp³-hybridized carbons (Fsp3) is 0.130. The van der Waals surface area contributed by atoms with Gasteiger partial charge in [0, 0.05) is 11.8 Å². The largest absolute Gasteiger partial charge is 0.463 e. The number of rotatable bonds is 5. The molecule has 8 heteroatoms. The van der Waals surface area contributed by atoms with Crippen LogP contribution in [0.2, 0.25) is 0 Å². The van der Waals surface area contributed by atoms with Crippen molar-refractivity contribution in [2.75, 3.05) is 5.32 Å². The van der Waals surface area contributed by atoms with Crippen molar-refractivity contribution in [3.8, 4) is 10.4 Å². The van der Waals surface area contributed by atoms with Crippen LogP contribution in [0.3, 0.4) is 0 Å². The number of para-hydroxylation sites is 1. The van der Waals surface area contributed by atoms with E-state index in [0.717, 1.165) is 52.2 Å². The van der Waals surface area contributed by atoms with Crippen LogP contribution in [-0.2, 0) is 17.6 Å². The third kappa shape index (κ3) is 4.06. The van der Waals surface area contributed by atoms with E-state index in [1.807, 2.05) is 18.2 Å². The molecule has 31 heavy (non-hydrogen) atoms. The van der Waals surface area contributed by atoms with Gasteiger partial charge in [-0.25, -0.2) is 13.8 Å². The second-order valence-corrected chi connectivity index (χ2v) is 7.89. The van der Waals surface area contributed by atoms with Crippen LogP contribution in [0.25, 0.3) is 16.2 Å². The molecule has 5 nitrogen and oxygen atoms in total. The number of nitrogens with two attached hydrogens (primary N) is 1. The lowest BCUT2D eigenvalue weighted by atomic mass is 10.0. The van der Waals surface area contributed by atoms with Crippen LogP contribution in [0.4, 0.5) is 14.5 Å². The lowest BCUT2D eigenvalue weighted by Crippen LogP contribution is -2.14. The minimum atomic E-state index is -0.843. The van der Waals surface area contributed by atoms with Crippen molar-refractivity contribution in [1.29, 1.82) is 0 Å². The molecule has 0 bridgehead atoms. The molecule has 0 atom stereocenters. The fourth-order valence-corrected chi connectivity index (χ4v) is 4.57. The molecule has 0 fully saturated rings. The van der Waals surface area contributed by atoms with Crippen LogP contribution in [0, 0.1) is 11.6 Å². The summed E-state index contributed by atoms with van der Waals surface area (Å²) in [7, 11) is 0. The number of aromatic nitrogens is 1. The minimum absolute atomic E-state index is 0.142. The Labute approximate surface area is 181 Å². The maximum atomic E-state index is 13.9. The first-order valence-electron chi connectivity index (χ1n) is 9.60. The van der Waals surface area contributed by atoms with Crippen LogP contribution < -0.4 is 11.1 Å². The van der Waals surface area contributed by atoms with Gasteiger partial charge in [-0.15, -0.1) is 11.3 Å². The van der Waals surface area contributed by atoms with E-state index >= 15 is 0 Å². The molecule has 0 aliphatic heterocycles. The number of hydrogen-bond donors (Lipinski definition) is 2. The standard InChI is InChI=1S/C23H19F2N3O2S/c1-2-30-19(12-26)14-10-9-13-5-3-8-18-21(15(13)11-14)31-23(27-18)22(29)28-20-16(24)6-4-7-17(20)25/h2,4,6-7,9-12H,1,3,5,8,26H2,(H,28,29)/b19-12-. The Hall–Kier alpha value is -3.52. The number of nitrogens with zero attached hydrogens (tertiary/aromatic N) is 1. The van der Waals surface area contributed by atoms with Crippen LogP contribution in [0.1, 0.15) is 33.0 Å². The number of aryl methyl sites for hydroxylation is 2. The Morgan fingerprint density at radius 2 is 2.00 bits per heavy atom. The Morgan fingerprint density at radius 3 is 2.71 bits per heavy atom. The number of anilines is 1. The summed E-state index contributed by atoms with van der Waals surface area (Å²) in [6.07, 6.45) is 5.09. The van der Waals surface area contributed by atoms with Crippen molar-refractivity contribution in [1.82, 2.24) is 4.98 Å². The van der Waals surface area contributed by atoms with Crippen molar-refractivity contribution in [2.24, 2.45) is 5.73 Å². The number of amides is 1. The molecular formula is C23H19F2N3O2S. The van der Waals surface area contributed by atoms with Gasteiger partial charge in [-0.3, -0.25) is 4.79 Å². The molecule has 4 rings (SSSR count). The number of ether oxygens (including phenoxy) is 1. The molecule has 1 heterocycles. The maximum absolute atomic E-state index is 13.9. The number of halogens is 2. The van der Waals surface area contributed by atoms with Gasteiger partial charge >= 0.3 is 0 Å². The smallest absolute Gasteiger partial charge is 0.284 e. The van der Waals surface area contributed by atoms with E-state index < -0.39 is 23.2 Å². The summed E-state index contributed by atoms with van der Waals surface area (Å²) < 4.78 is 33.2. The number of nitrogens with one attached hydrogen (secondary N) is 1. The Kier molecular flexibility index (Phi) is 5.81. The van der Waals surface area contributed by atoms with Gasteiger partial charge in [0.05, 0.1) is 16.8 Å². The number of carbonyl (C=O) groups is 1. The first kappa shape index (κ1) is 20.7. The normalized spacial score (nSPS) is 13.0. The van der Waals surface area contributed by atoms with Gasteiger partial charge < -0.3 is 15.8 Å². The van der Waals surface area contributed by atoms with Gasteiger partial charge in [-0.1, -0.05) is 24.8 Å². The molecular weight excluding hydrogens is 420 g/mol. The molecule has 0 saturated heterocycles. The second-order valence-electron chi connectivity index (χ2n) is 6.89. The fourth-order valence-electron chi connectivity index (χ4n) is 3.51. The van der Waals surface area contributed by atoms with Crippen molar-refractivity contribution < 1.29 is 18.3 Å². The molecule has 1 aromatic heterocycles. The molecule has 158 valence electrons.